The van der Waals surface area contributed by atoms with Crippen LogP contribution in [0.25, 0.3) is 0 Å². The van der Waals surface area contributed by atoms with E-state index in [4.69, 9.17) is 0 Å². The fourth-order valence-electron chi connectivity index (χ4n) is 0.610. The first kappa shape index (κ1) is 15.6. The molecule has 0 fully saturated rings. The Morgan fingerprint density at radius 2 is 1.11 bits per heavy atom. The second-order valence-corrected chi connectivity index (χ2v) is 2.70. The standard InChI is InChI=1S/C10H12O8/c1-15-9(13)5-17-7(11)3-4-8(12)18-6-10(14)16-2/h3-4H,5-6H2,1-2H3/b4-3+. The highest BCUT2D eigenvalue weighted by Gasteiger charge is 2.07. The Hall–Kier alpha value is -2.38. The molecule has 0 bridgehead atoms. The molecule has 0 amide bonds. The number of hydrogen-bond acceptors (Lipinski definition) is 8. The number of hydrogen-bond donors (Lipinski definition) is 0. The maximum atomic E-state index is 10.9. The smallest absolute Gasteiger partial charge is 0.344 e. The molecule has 0 atom stereocenters. The molecule has 100 valence electrons. The molecule has 18 heavy (non-hydrogen) atoms. The normalized spacial score (nSPS) is 9.67. The van der Waals surface area contributed by atoms with E-state index in [0.29, 0.717) is 0 Å². The fraction of sp³-hybridized carbons (Fsp3) is 0.400. The van der Waals surface area contributed by atoms with Crippen LogP contribution >= 0.6 is 0 Å². The Labute approximate surface area is 102 Å². The third kappa shape index (κ3) is 7.85. The molecule has 0 N–H and O–H groups in total. The van der Waals surface area contributed by atoms with Gasteiger partial charge in [-0.1, -0.05) is 0 Å². The maximum Gasteiger partial charge on any atom is 0.344 e. The minimum atomic E-state index is -0.921. The minimum Gasteiger partial charge on any atom is -0.466 e. The van der Waals surface area contributed by atoms with E-state index in [1.807, 2.05) is 0 Å². The summed E-state index contributed by atoms with van der Waals surface area (Å²) in [6.07, 6.45) is 1.51. The number of methoxy groups -OCH3 is 2. The van der Waals surface area contributed by atoms with Crippen LogP contribution in [-0.4, -0.2) is 51.3 Å². The van der Waals surface area contributed by atoms with Crippen molar-refractivity contribution in [3.63, 3.8) is 0 Å². The number of rotatable bonds is 6. The fourth-order valence-corrected chi connectivity index (χ4v) is 0.610. The van der Waals surface area contributed by atoms with Gasteiger partial charge in [0.2, 0.25) is 0 Å². The van der Waals surface area contributed by atoms with Crippen LogP contribution in [0.1, 0.15) is 0 Å². The third-order valence-electron chi connectivity index (χ3n) is 1.48. The summed E-state index contributed by atoms with van der Waals surface area (Å²) >= 11 is 0. The maximum absolute atomic E-state index is 10.9. The lowest BCUT2D eigenvalue weighted by atomic mass is 10.5. The lowest BCUT2D eigenvalue weighted by Crippen LogP contribution is -2.15. The van der Waals surface area contributed by atoms with Crippen molar-refractivity contribution in [2.45, 2.75) is 0 Å². The summed E-state index contributed by atoms with van der Waals surface area (Å²) in [4.78, 5) is 43.1. The van der Waals surface area contributed by atoms with E-state index in [9.17, 15) is 19.2 Å². The van der Waals surface area contributed by atoms with Crippen molar-refractivity contribution in [1.82, 2.24) is 0 Å². The monoisotopic (exact) mass is 260 g/mol. The Morgan fingerprint density at radius 3 is 1.39 bits per heavy atom. The number of carbonyl (C=O) groups is 4. The van der Waals surface area contributed by atoms with Gasteiger partial charge in [-0.25, -0.2) is 19.2 Å². The summed E-state index contributed by atoms with van der Waals surface area (Å²) in [5.74, 6) is -3.30. The molecule has 0 aliphatic rings. The SMILES string of the molecule is COC(=O)COC(=O)/C=C/C(=O)OCC(=O)OC. The highest BCUT2D eigenvalue weighted by molar-refractivity contribution is 5.92. The van der Waals surface area contributed by atoms with E-state index in [1.54, 1.807) is 0 Å². The third-order valence-corrected chi connectivity index (χ3v) is 1.48. The quantitative estimate of drug-likeness (QED) is 0.339. The predicted molar refractivity (Wildman–Crippen MR) is 55.1 cm³/mol. The Balaban J connectivity index is 3.92. The molecule has 0 unspecified atom stereocenters. The average Bonchev–Trinajstić information content (AvgIpc) is 2.39. The van der Waals surface area contributed by atoms with E-state index in [2.05, 4.69) is 18.9 Å². The van der Waals surface area contributed by atoms with Crippen LogP contribution in [-0.2, 0) is 38.1 Å². The highest BCUT2D eigenvalue weighted by atomic mass is 16.6. The molecule has 0 saturated carbocycles. The lowest BCUT2D eigenvalue weighted by Gasteiger charge is -2.00. The molecule has 0 heterocycles. The molecule has 0 aliphatic carbocycles. The molecule has 0 radical (unpaired) electrons. The van der Waals surface area contributed by atoms with Crippen LogP contribution in [0.2, 0.25) is 0 Å². The van der Waals surface area contributed by atoms with Gasteiger partial charge in [0.25, 0.3) is 0 Å². The van der Waals surface area contributed by atoms with Crippen molar-refractivity contribution in [3.8, 4) is 0 Å². The van der Waals surface area contributed by atoms with Crippen molar-refractivity contribution in [2.24, 2.45) is 0 Å². The van der Waals surface area contributed by atoms with Gasteiger partial charge in [0.1, 0.15) is 0 Å². The summed E-state index contributed by atoms with van der Waals surface area (Å²) < 4.78 is 17.2. The van der Waals surface area contributed by atoms with Gasteiger partial charge in [0.05, 0.1) is 14.2 Å². The van der Waals surface area contributed by atoms with Gasteiger partial charge in [-0.05, 0) is 0 Å². The summed E-state index contributed by atoms with van der Waals surface area (Å²) in [6.45, 7) is -1.12. The van der Waals surface area contributed by atoms with Gasteiger partial charge in [0.15, 0.2) is 13.2 Å². The number of carbonyl (C=O) groups excluding carboxylic acids is 4. The van der Waals surface area contributed by atoms with Crippen LogP contribution in [0.5, 0.6) is 0 Å². The van der Waals surface area contributed by atoms with Crippen LogP contribution in [0, 0.1) is 0 Å². The molecule has 0 aromatic heterocycles. The zero-order valence-electron chi connectivity index (χ0n) is 9.83. The Bertz CT molecular complexity index is 323. The number of ether oxygens (including phenoxy) is 4. The lowest BCUT2D eigenvalue weighted by molar-refractivity contribution is -0.154. The molecule has 0 aliphatic heterocycles. The minimum absolute atomic E-state index is 0.559. The molecular formula is C10H12O8. The van der Waals surface area contributed by atoms with Crippen LogP contribution in [0.15, 0.2) is 12.2 Å². The van der Waals surface area contributed by atoms with E-state index in [1.165, 1.54) is 0 Å². The topological polar surface area (TPSA) is 105 Å². The van der Waals surface area contributed by atoms with Gasteiger partial charge in [-0.3, -0.25) is 0 Å². The molecule has 0 saturated heterocycles. The average molecular weight is 260 g/mol. The van der Waals surface area contributed by atoms with Crippen LogP contribution in [0.4, 0.5) is 0 Å². The molecular weight excluding hydrogens is 248 g/mol. The zero-order valence-corrected chi connectivity index (χ0v) is 9.83. The van der Waals surface area contributed by atoms with Crippen molar-refractivity contribution >= 4 is 23.9 Å². The molecule has 0 aromatic carbocycles. The first-order valence-electron chi connectivity index (χ1n) is 4.64. The largest absolute Gasteiger partial charge is 0.466 e. The summed E-state index contributed by atoms with van der Waals surface area (Å²) in [5, 5.41) is 0. The summed E-state index contributed by atoms with van der Waals surface area (Å²) in [7, 11) is 2.27. The highest BCUT2D eigenvalue weighted by Crippen LogP contribution is 1.87. The van der Waals surface area contributed by atoms with Crippen molar-refractivity contribution < 1.29 is 38.1 Å². The van der Waals surface area contributed by atoms with E-state index in [0.717, 1.165) is 26.4 Å². The van der Waals surface area contributed by atoms with E-state index in [-0.39, 0.29) is 0 Å². The first-order valence-corrected chi connectivity index (χ1v) is 4.64. The molecule has 8 heteroatoms. The molecule has 0 spiro atoms. The predicted octanol–water partition coefficient (Wildman–Crippen LogP) is -1.02. The van der Waals surface area contributed by atoms with Crippen molar-refractivity contribution in [2.75, 3.05) is 27.4 Å². The first-order chi connectivity index (χ1) is 8.49. The second kappa shape index (κ2) is 8.74. The molecule has 8 nitrogen and oxygen atoms in total. The van der Waals surface area contributed by atoms with Gasteiger partial charge < -0.3 is 18.9 Å². The Morgan fingerprint density at radius 1 is 0.778 bits per heavy atom. The Kier molecular flexibility index (Phi) is 7.58. The summed E-state index contributed by atoms with van der Waals surface area (Å²) in [5.41, 5.74) is 0. The second-order valence-electron chi connectivity index (χ2n) is 2.70. The van der Waals surface area contributed by atoms with Gasteiger partial charge in [0, 0.05) is 12.2 Å². The van der Waals surface area contributed by atoms with Crippen LogP contribution in [0.3, 0.4) is 0 Å². The van der Waals surface area contributed by atoms with Gasteiger partial charge >= 0.3 is 23.9 Å². The molecule has 0 aromatic rings. The van der Waals surface area contributed by atoms with Gasteiger partial charge in [-0.2, -0.15) is 0 Å². The zero-order chi connectivity index (χ0) is 14.0. The van der Waals surface area contributed by atoms with E-state index < -0.39 is 37.1 Å². The van der Waals surface area contributed by atoms with E-state index >= 15 is 0 Å². The van der Waals surface area contributed by atoms with Crippen molar-refractivity contribution in [1.29, 1.82) is 0 Å². The van der Waals surface area contributed by atoms with Crippen molar-refractivity contribution in [3.05, 3.63) is 12.2 Å². The number of esters is 4. The summed E-state index contributed by atoms with van der Waals surface area (Å²) in [6, 6.07) is 0. The van der Waals surface area contributed by atoms with Gasteiger partial charge in [-0.15, -0.1) is 0 Å². The molecule has 0 rings (SSSR count). The van der Waals surface area contributed by atoms with Crippen LogP contribution < -0.4 is 0 Å².